The van der Waals surface area contributed by atoms with Gasteiger partial charge in [0.1, 0.15) is 16.8 Å². The van der Waals surface area contributed by atoms with Gasteiger partial charge in [-0.3, -0.25) is 4.79 Å². The smallest absolute Gasteiger partial charge is 0.244 e. The molecule has 1 unspecified atom stereocenters. The molecule has 3 aromatic carbocycles. The van der Waals surface area contributed by atoms with E-state index in [9.17, 15) is 17.6 Å². The zero-order valence-corrected chi connectivity index (χ0v) is 17.8. The average Bonchev–Trinajstić information content (AvgIpc) is 2.77. The van der Waals surface area contributed by atoms with Crippen LogP contribution in [0.2, 0.25) is 0 Å². The molecule has 0 heterocycles. The molecule has 0 aliphatic heterocycles. The van der Waals surface area contributed by atoms with Crippen molar-refractivity contribution in [1.82, 2.24) is 10.0 Å². The topological polar surface area (TPSA) is 75.3 Å². The molecule has 0 saturated heterocycles. The van der Waals surface area contributed by atoms with E-state index in [4.69, 9.17) is 0 Å². The van der Waals surface area contributed by atoms with E-state index in [0.29, 0.717) is 13.0 Å². The maximum atomic E-state index is 14.1. The van der Waals surface area contributed by atoms with Gasteiger partial charge in [0.05, 0.1) is 0 Å². The number of sulfonamides is 1. The highest BCUT2D eigenvalue weighted by Crippen LogP contribution is 2.15. The molecule has 1 atom stereocenters. The summed E-state index contributed by atoms with van der Waals surface area (Å²) in [7, 11) is -4.21. The summed E-state index contributed by atoms with van der Waals surface area (Å²) in [6.07, 6.45) is 1.67. The molecule has 0 bridgehead atoms. The van der Waals surface area contributed by atoms with Crippen LogP contribution in [0.1, 0.15) is 17.5 Å². The van der Waals surface area contributed by atoms with Crippen LogP contribution in [0.4, 0.5) is 4.39 Å². The third-order valence-electron chi connectivity index (χ3n) is 4.81. The predicted molar refractivity (Wildman–Crippen MR) is 118 cm³/mol. The van der Waals surface area contributed by atoms with Gasteiger partial charge in [-0.25, -0.2) is 12.8 Å². The van der Waals surface area contributed by atoms with E-state index in [0.717, 1.165) is 23.6 Å². The van der Waals surface area contributed by atoms with Gasteiger partial charge in [0.25, 0.3) is 0 Å². The summed E-state index contributed by atoms with van der Waals surface area (Å²) in [4.78, 5) is 12.3. The molecular formula is C24H25FN2O3S. The minimum atomic E-state index is -4.21. The number of hydrogen-bond donors (Lipinski definition) is 2. The largest absolute Gasteiger partial charge is 0.355 e. The fraction of sp³-hybridized carbons (Fsp3) is 0.208. The lowest BCUT2D eigenvalue weighted by Crippen LogP contribution is -2.48. The lowest BCUT2D eigenvalue weighted by Gasteiger charge is -2.19. The summed E-state index contributed by atoms with van der Waals surface area (Å²) in [5.41, 5.74) is 1.96. The monoisotopic (exact) mass is 440 g/mol. The van der Waals surface area contributed by atoms with Gasteiger partial charge in [-0.1, -0.05) is 72.8 Å². The van der Waals surface area contributed by atoms with E-state index >= 15 is 0 Å². The van der Waals surface area contributed by atoms with Crippen LogP contribution >= 0.6 is 0 Å². The van der Waals surface area contributed by atoms with E-state index in [-0.39, 0.29) is 6.42 Å². The number of carbonyl (C=O) groups excluding carboxylic acids is 1. The highest BCUT2D eigenvalue weighted by Gasteiger charge is 2.27. The molecule has 31 heavy (non-hydrogen) atoms. The van der Waals surface area contributed by atoms with Crippen molar-refractivity contribution in [3.63, 3.8) is 0 Å². The number of nitrogens with one attached hydrogen (secondary N) is 2. The van der Waals surface area contributed by atoms with E-state index in [1.54, 1.807) is 0 Å². The highest BCUT2D eigenvalue weighted by atomic mass is 32.2. The van der Waals surface area contributed by atoms with Gasteiger partial charge in [0.2, 0.25) is 15.9 Å². The van der Waals surface area contributed by atoms with Crippen molar-refractivity contribution in [3.05, 3.63) is 102 Å². The maximum Gasteiger partial charge on any atom is 0.244 e. The molecule has 3 rings (SSSR count). The first-order chi connectivity index (χ1) is 15.0. The molecule has 0 aliphatic carbocycles. The Labute approximate surface area is 182 Å². The summed E-state index contributed by atoms with van der Waals surface area (Å²) >= 11 is 0. The Morgan fingerprint density at radius 1 is 0.839 bits per heavy atom. The number of hydrogen-bond acceptors (Lipinski definition) is 3. The first-order valence-electron chi connectivity index (χ1n) is 10.1. The molecule has 1 amide bonds. The van der Waals surface area contributed by atoms with Crippen LogP contribution in [0.25, 0.3) is 0 Å². The summed E-state index contributed by atoms with van der Waals surface area (Å²) in [5, 5.41) is 2.80. The normalized spacial score (nSPS) is 12.3. The van der Waals surface area contributed by atoms with Gasteiger partial charge in [0, 0.05) is 6.54 Å². The summed E-state index contributed by atoms with van der Waals surface area (Å²) in [5.74, 6) is -1.31. The molecule has 0 saturated carbocycles. The number of carbonyl (C=O) groups is 1. The minimum Gasteiger partial charge on any atom is -0.355 e. The Hall–Kier alpha value is -3.03. The molecule has 0 aromatic heterocycles. The SMILES string of the molecule is O=C(NCCCc1ccccc1)C(Cc1ccccc1)NS(=O)(=O)c1ccccc1F. The van der Waals surface area contributed by atoms with Crippen LogP contribution in [0.3, 0.4) is 0 Å². The van der Waals surface area contributed by atoms with Crippen LogP contribution in [-0.4, -0.2) is 26.9 Å². The lowest BCUT2D eigenvalue weighted by atomic mass is 10.1. The van der Waals surface area contributed by atoms with Gasteiger partial charge >= 0.3 is 0 Å². The van der Waals surface area contributed by atoms with Gasteiger partial charge in [-0.15, -0.1) is 0 Å². The van der Waals surface area contributed by atoms with E-state index in [1.165, 1.54) is 18.2 Å². The van der Waals surface area contributed by atoms with E-state index in [1.807, 2.05) is 60.7 Å². The molecule has 2 N–H and O–H groups in total. The Morgan fingerprint density at radius 3 is 2.06 bits per heavy atom. The highest BCUT2D eigenvalue weighted by molar-refractivity contribution is 7.89. The number of rotatable bonds is 10. The molecular weight excluding hydrogens is 415 g/mol. The number of aryl methyl sites for hydroxylation is 1. The molecule has 7 heteroatoms. The third-order valence-corrected chi connectivity index (χ3v) is 6.31. The second-order valence-corrected chi connectivity index (χ2v) is 8.86. The van der Waals surface area contributed by atoms with Crippen molar-refractivity contribution >= 4 is 15.9 Å². The Balaban J connectivity index is 1.68. The maximum absolute atomic E-state index is 14.1. The molecule has 0 radical (unpaired) electrons. The van der Waals surface area contributed by atoms with Crippen LogP contribution in [0.5, 0.6) is 0 Å². The Kier molecular flexibility index (Phi) is 7.92. The van der Waals surface area contributed by atoms with Gasteiger partial charge in [-0.05, 0) is 42.5 Å². The number of benzene rings is 3. The molecule has 0 fully saturated rings. The Morgan fingerprint density at radius 2 is 1.42 bits per heavy atom. The van der Waals surface area contributed by atoms with Crippen molar-refractivity contribution < 1.29 is 17.6 Å². The van der Waals surface area contributed by atoms with Crippen LogP contribution in [-0.2, 0) is 27.7 Å². The molecule has 162 valence electrons. The minimum absolute atomic E-state index is 0.152. The van der Waals surface area contributed by atoms with Gasteiger partial charge in [-0.2, -0.15) is 4.72 Å². The predicted octanol–water partition coefficient (Wildman–Crippen LogP) is 3.46. The van der Waals surface area contributed by atoms with Gasteiger partial charge < -0.3 is 5.32 Å². The molecule has 0 spiro atoms. The summed E-state index contributed by atoms with van der Waals surface area (Å²) in [6, 6.07) is 23.0. The van der Waals surface area contributed by atoms with Crippen molar-refractivity contribution in [1.29, 1.82) is 0 Å². The molecule has 5 nitrogen and oxygen atoms in total. The third kappa shape index (κ3) is 6.73. The van der Waals surface area contributed by atoms with E-state index in [2.05, 4.69) is 10.0 Å². The fourth-order valence-electron chi connectivity index (χ4n) is 3.22. The number of amides is 1. The molecule has 0 aliphatic rings. The standard InChI is InChI=1S/C24H25FN2O3S/c25-21-15-7-8-16-23(21)31(29,30)27-22(18-20-12-5-2-6-13-20)24(28)26-17-9-14-19-10-3-1-4-11-19/h1-8,10-13,15-16,22,27H,9,14,17-18H2,(H,26,28). The molecule has 3 aromatic rings. The zero-order valence-electron chi connectivity index (χ0n) is 17.0. The second-order valence-electron chi connectivity index (χ2n) is 7.17. The van der Waals surface area contributed by atoms with Gasteiger partial charge in [0.15, 0.2) is 0 Å². The summed E-state index contributed by atoms with van der Waals surface area (Å²) in [6.45, 7) is 0.403. The first-order valence-corrected chi connectivity index (χ1v) is 11.6. The number of halogens is 1. The summed E-state index contributed by atoms with van der Waals surface area (Å²) < 4.78 is 41.9. The Bertz CT molecular complexity index is 1090. The second kappa shape index (κ2) is 10.8. The van der Waals surface area contributed by atoms with Crippen molar-refractivity contribution in [3.8, 4) is 0 Å². The van der Waals surface area contributed by atoms with Crippen molar-refractivity contribution in [2.75, 3.05) is 6.54 Å². The fourth-order valence-corrected chi connectivity index (χ4v) is 4.50. The first kappa shape index (κ1) is 22.7. The lowest BCUT2D eigenvalue weighted by molar-refractivity contribution is -0.122. The van der Waals surface area contributed by atoms with Crippen LogP contribution in [0, 0.1) is 5.82 Å². The zero-order chi connectivity index (χ0) is 22.1. The van der Waals surface area contributed by atoms with Crippen LogP contribution < -0.4 is 10.0 Å². The van der Waals surface area contributed by atoms with E-state index < -0.39 is 32.7 Å². The van der Waals surface area contributed by atoms with Crippen molar-refractivity contribution in [2.24, 2.45) is 0 Å². The van der Waals surface area contributed by atoms with Crippen LogP contribution in [0.15, 0.2) is 89.8 Å². The quantitative estimate of drug-likeness (QED) is 0.474. The van der Waals surface area contributed by atoms with Crippen molar-refractivity contribution in [2.45, 2.75) is 30.2 Å². The average molecular weight is 441 g/mol.